The maximum Gasteiger partial charge on any atom is 0.224 e. The van der Waals surface area contributed by atoms with Crippen molar-refractivity contribution < 1.29 is 4.79 Å². The molecular weight excluding hydrogens is 200 g/mol. The monoisotopic (exact) mass is 226 g/mol. The average molecular weight is 226 g/mol. The molecule has 0 heterocycles. The van der Waals surface area contributed by atoms with Crippen molar-refractivity contribution >= 4 is 5.91 Å². The summed E-state index contributed by atoms with van der Waals surface area (Å²) in [4.78, 5) is 12.0. The summed E-state index contributed by atoms with van der Waals surface area (Å²) in [6, 6.07) is 0.308. The Morgan fingerprint density at radius 3 is 2.31 bits per heavy atom. The Morgan fingerprint density at radius 1 is 1.31 bits per heavy atom. The zero-order valence-corrected chi connectivity index (χ0v) is 10.8. The van der Waals surface area contributed by atoms with Gasteiger partial charge in [0.1, 0.15) is 0 Å². The van der Waals surface area contributed by atoms with Crippen LogP contribution in [0.25, 0.3) is 0 Å². The van der Waals surface area contributed by atoms with Crippen LogP contribution in [0.5, 0.6) is 0 Å². The van der Waals surface area contributed by atoms with Gasteiger partial charge in [-0.15, -0.1) is 0 Å². The highest BCUT2D eigenvalue weighted by molar-refractivity contribution is 5.79. The van der Waals surface area contributed by atoms with Crippen LogP contribution in [0.1, 0.15) is 46.5 Å². The lowest BCUT2D eigenvalue weighted by Gasteiger charge is -2.25. The van der Waals surface area contributed by atoms with Crippen LogP contribution in [0.15, 0.2) is 0 Å². The van der Waals surface area contributed by atoms with Gasteiger partial charge in [0, 0.05) is 12.6 Å². The molecule has 0 aromatic carbocycles. The predicted molar refractivity (Wildman–Crippen MR) is 66.9 cm³/mol. The second-order valence-electron chi connectivity index (χ2n) is 5.43. The van der Waals surface area contributed by atoms with E-state index in [0.717, 1.165) is 0 Å². The van der Waals surface area contributed by atoms with E-state index in [-0.39, 0.29) is 11.8 Å². The summed E-state index contributed by atoms with van der Waals surface area (Å²) in [5.41, 5.74) is 5.64. The molecule has 3 nitrogen and oxygen atoms in total. The number of hydrogen-bond donors (Lipinski definition) is 2. The quantitative estimate of drug-likeness (QED) is 0.752. The molecule has 3 heteroatoms. The van der Waals surface area contributed by atoms with Crippen molar-refractivity contribution in [2.45, 2.75) is 52.5 Å². The zero-order valence-electron chi connectivity index (χ0n) is 10.8. The van der Waals surface area contributed by atoms with Crippen LogP contribution in [0.2, 0.25) is 0 Å². The van der Waals surface area contributed by atoms with Crippen LogP contribution in [-0.2, 0) is 4.79 Å². The lowest BCUT2D eigenvalue weighted by atomic mass is 9.93. The fourth-order valence-corrected chi connectivity index (χ4v) is 2.59. The van der Waals surface area contributed by atoms with Crippen LogP contribution < -0.4 is 11.1 Å². The van der Waals surface area contributed by atoms with Crippen molar-refractivity contribution in [1.82, 2.24) is 5.32 Å². The third kappa shape index (κ3) is 3.48. The first-order valence-electron chi connectivity index (χ1n) is 6.56. The van der Waals surface area contributed by atoms with Gasteiger partial charge in [0.2, 0.25) is 5.91 Å². The number of amides is 1. The van der Waals surface area contributed by atoms with Crippen molar-refractivity contribution in [3.63, 3.8) is 0 Å². The minimum atomic E-state index is -0.0381. The van der Waals surface area contributed by atoms with E-state index in [0.29, 0.717) is 24.4 Å². The summed E-state index contributed by atoms with van der Waals surface area (Å²) in [7, 11) is 0. The summed E-state index contributed by atoms with van der Waals surface area (Å²) in [5.74, 6) is 1.09. The summed E-state index contributed by atoms with van der Waals surface area (Å²) in [6.07, 6.45) is 5.15. The van der Waals surface area contributed by atoms with Gasteiger partial charge in [0.05, 0.1) is 5.92 Å². The summed E-state index contributed by atoms with van der Waals surface area (Å²) in [6.45, 7) is 6.68. The van der Waals surface area contributed by atoms with E-state index in [1.807, 2.05) is 0 Å². The van der Waals surface area contributed by atoms with E-state index in [1.54, 1.807) is 0 Å². The fraction of sp³-hybridized carbons (Fsp3) is 0.923. The highest BCUT2D eigenvalue weighted by Crippen LogP contribution is 2.27. The molecule has 0 saturated heterocycles. The van der Waals surface area contributed by atoms with Crippen molar-refractivity contribution in [2.24, 2.45) is 23.5 Å². The Kier molecular flexibility index (Phi) is 5.26. The molecule has 94 valence electrons. The average Bonchev–Trinajstić information content (AvgIpc) is 2.70. The van der Waals surface area contributed by atoms with Crippen LogP contribution in [0.4, 0.5) is 0 Å². The highest BCUT2D eigenvalue weighted by atomic mass is 16.2. The molecule has 1 saturated carbocycles. The zero-order chi connectivity index (χ0) is 12.1. The molecule has 2 atom stereocenters. The van der Waals surface area contributed by atoms with E-state index in [1.165, 1.54) is 25.7 Å². The highest BCUT2D eigenvalue weighted by Gasteiger charge is 2.26. The first-order valence-corrected chi connectivity index (χ1v) is 6.56. The molecule has 1 amide bonds. The minimum Gasteiger partial charge on any atom is -0.353 e. The van der Waals surface area contributed by atoms with Gasteiger partial charge in [-0.2, -0.15) is 0 Å². The molecule has 0 spiro atoms. The molecule has 2 unspecified atom stereocenters. The van der Waals surface area contributed by atoms with E-state index in [4.69, 9.17) is 5.73 Å². The molecule has 1 rings (SSSR count). The molecule has 16 heavy (non-hydrogen) atoms. The van der Waals surface area contributed by atoms with Gasteiger partial charge in [-0.05, 0) is 31.6 Å². The van der Waals surface area contributed by atoms with Gasteiger partial charge in [-0.1, -0.05) is 26.7 Å². The number of nitrogens with two attached hydrogens (primary N) is 1. The topological polar surface area (TPSA) is 55.1 Å². The SMILES string of the molecule is CC(C)C(CN)C(=O)NC(C)C1CCCC1. The lowest BCUT2D eigenvalue weighted by molar-refractivity contribution is -0.126. The molecular formula is C13H26N2O. The number of rotatable bonds is 5. The first kappa shape index (κ1) is 13.5. The van der Waals surface area contributed by atoms with Gasteiger partial charge < -0.3 is 11.1 Å². The van der Waals surface area contributed by atoms with Crippen molar-refractivity contribution in [1.29, 1.82) is 0 Å². The van der Waals surface area contributed by atoms with Crippen LogP contribution in [0, 0.1) is 17.8 Å². The standard InChI is InChI=1S/C13H26N2O/c1-9(2)12(8-14)13(16)15-10(3)11-6-4-5-7-11/h9-12H,4-8,14H2,1-3H3,(H,15,16). The Morgan fingerprint density at radius 2 is 1.88 bits per heavy atom. The minimum absolute atomic E-state index is 0.0381. The van der Waals surface area contributed by atoms with Gasteiger partial charge in [-0.25, -0.2) is 0 Å². The van der Waals surface area contributed by atoms with Crippen LogP contribution in [-0.4, -0.2) is 18.5 Å². The van der Waals surface area contributed by atoms with Gasteiger partial charge in [-0.3, -0.25) is 4.79 Å². The van der Waals surface area contributed by atoms with E-state index in [9.17, 15) is 4.79 Å². The number of hydrogen-bond acceptors (Lipinski definition) is 2. The molecule has 3 N–H and O–H groups in total. The van der Waals surface area contributed by atoms with Gasteiger partial charge in [0.25, 0.3) is 0 Å². The Labute approximate surface area is 99.2 Å². The Bertz CT molecular complexity index is 222. The van der Waals surface area contributed by atoms with Gasteiger partial charge >= 0.3 is 0 Å². The van der Waals surface area contributed by atoms with Crippen molar-refractivity contribution in [2.75, 3.05) is 6.54 Å². The van der Waals surface area contributed by atoms with E-state index in [2.05, 4.69) is 26.1 Å². The normalized spacial score (nSPS) is 21.1. The van der Waals surface area contributed by atoms with E-state index < -0.39 is 0 Å². The molecule has 0 aliphatic heterocycles. The maximum absolute atomic E-state index is 12.0. The third-order valence-electron chi connectivity index (χ3n) is 3.87. The van der Waals surface area contributed by atoms with Crippen LogP contribution in [0.3, 0.4) is 0 Å². The molecule has 0 aromatic heterocycles. The summed E-state index contributed by atoms with van der Waals surface area (Å²) < 4.78 is 0. The van der Waals surface area contributed by atoms with Crippen LogP contribution >= 0.6 is 0 Å². The van der Waals surface area contributed by atoms with Crippen molar-refractivity contribution in [3.05, 3.63) is 0 Å². The van der Waals surface area contributed by atoms with Gasteiger partial charge in [0.15, 0.2) is 0 Å². The predicted octanol–water partition coefficient (Wildman–Crippen LogP) is 1.91. The second-order valence-corrected chi connectivity index (χ2v) is 5.43. The third-order valence-corrected chi connectivity index (χ3v) is 3.87. The number of carbonyl (C=O) groups excluding carboxylic acids is 1. The number of carbonyl (C=O) groups is 1. The van der Waals surface area contributed by atoms with Crippen molar-refractivity contribution in [3.8, 4) is 0 Å². The first-order chi connectivity index (χ1) is 7.56. The number of nitrogens with one attached hydrogen (secondary N) is 1. The molecule has 0 aromatic rings. The molecule has 1 aliphatic carbocycles. The van der Waals surface area contributed by atoms with E-state index >= 15 is 0 Å². The smallest absolute Gasteiger partial charge is 0.224 e. The maximum atomic E-state index is 12.0. The summed E-state index contributed by atoms with van der Waals surface area (Å²) >= 11 is 0. The Balaban J connectivity index is 2.42. The molecule has 0 radical (unpaired) electrons. The largest absolute Gasteiger partial charge is 0.353 e. The molecule has 1 fully saturated rings. The molecule has 0 bridgehead atoms. The molecule has 1 aliphatic rings. The Hall–Kier alpha value is -0.570. The fourth-order valence-electron chi connectivity index (χ4n) is 2.59. The second kappa shape index (κ2) is 6.24. The lowest BCUT2D eigenvalue weighted by Crippen LogP contribution is -2.44. The summed E-state index contributed by atoms with van der Waals surface area (Å²) in [5, 5.41) is 3.14.